The van der Waals surface area contributed by atoms with Gasteiger partial charge in [0.05, 0.1) is 23.4 Å². The Balaban J connectivity index is 0.00000240. The maximum atomic E-state index is 13.4. The van der Waals surface area contributed by atoms with E-state index in [9.17, 15) is 4.79 Å². The van der Waals surface area contributed by atoms with Crippen molar-refractivity contribution in [2.24, 2.45) is 5.92 Å². The lowest BCUT2D eigenvalue weighted by atomic mass is 9.88. The number of aryl methyl sites for hydroxylation is 2. The molecule has 1 saturated heterocycles. The molecule has 0 radical (unpaired) electrons. The number of carbonyl (C=O) groups excluding carboxylic acids is 1. The van der Waals surface area contributed by atoms with Crippen molar-refractivity contribution in [1.82, 2.24) is 9.88 Å². The van der Waals surface area contributed by atoms with Gasteiger partial charge >= 0.3 is 0 Å². The second-order valence-electron chi connectivity index (χ2n) is 8.13. The second-order valence-corrected chi connectivity index (χ2v) is 9.14. The lowest BCUT2D eigenvalue weighted by Gasteiger charge is -2.31. The predicted molar refractivity (Wildman–Crippen MR) is 123 cm³/mol. The van der Waals surface area contributed by atoms with Gasteiger partial charge in [-0.25, -0.2) is 4.98 Å². The summed E-state index contributed by atoms with van der Waals surface area (Å²) in [6.07, 6.45) is 5.65. The lowest BCUT2D eigenvalue weighted by Crippen LogP contribution is -2.45. The van der Waals surface area contributed by atoms with Gasteiger partial charge in [-0.1, -0.05) is 36.7 Å². The molecule has 0 bridgehead atoms. The molecule has 0 atom stereocenters. The Morgan fingerprint density at radius 1 is 1.21 bits per heavy atom. The van der Waals surface area contributed by atoms with Crippen molar-refractivity contribution in [2.45, 2.75) is 46.0 Å². The van der Waals surface area contributed by atoms with E-state index in [1.807, 2.05) is 4.90 Å². The minimum atomic E-state index is 0. The molecule has 1 aromatic carbocycles. The van der Waals surface area contributed by atoms with E-state index in [1.165, 1.54) is 35.1 Å². The Hall–Kier alpha value is -1.21. The molecule has 5 nitrogen and oxygen atoms in total. The quantitative estimate of drug-likeness (QED) is 0.686. The molecule has 29 heavy (non-hydrogen) atoms. The number of benzene rings is 1. The van der Waals surface area contributed by atoms with Crippen LogP contribution in [0.15, 0.2) is 12.1 Å². The van der Waals surface area contributed by atoms with Gasteiger partial charge in [0.15, 0.2) is 5.13 Å². The molecular formula is C22H32ClN3O2S. The molecule has 4 rings (SSSR count). The van der Waals surface area contributed by atoms with Gasteiger partial charge in [-0.05, 0) is 43.9 Å². The number of carbonyl (C=O) groups is 1. The number of amides is 1. The standard InChI is InChI=1S/C22H31N3O2S.ClH/c1-16-8-9-19-20(17(16)2)23-22(28-19)25(11-10-24-12-14-27-15-13-24)21(26)18-6-4-3-5-7-18;/h8-9,18H,3-7,10-15H2,1-2H3;1H. The molecule has 0 N–H and O–H groups in total. The maximum Gasteiger partial charge on any atom is 0.231 e. The van der Waals surface area contributed by atoms with Gasteiger partial charge in [0.1, 0.15) is 0 Å². The number of fused-ring (bicyclic) bond motifs is 1. The van der Waals surface area contributed by atoms with Crippen LogP contribution >= 0.6 is 23.7 Å². The van der Waals surface area contributed by atoms with Crippen LogP contribution in [0.25, 0.3) is 10.2 Å². The summed E-state index contributed by atoms with van der Waals surface area (Å²) >= 11 is 1.66. The van der Waals surface area contributed by atoms with Crippen LogP contribution in [-0.2, 0) is 9.53 Å². The van der Waals surface area contributed by atoms with Crippen LogP contribution in [0.2, 0.25) is 0 Å². The molecule has 2 heterocycles. The second kappa shape index (κ2) is 10.2. The van der Waals surface area contributed by atoms with Gasteiger partial charge < -0.3 is 4.74 Å². The molecule has 0 unspecified atom stereocenters. The third-order valence-corrected chi connectivity index (χ3v) is 7.31. The Morgan fingerprint density at radius 2 is 1.93 bits per heavy atom. The molecule has 2 aromatic rings. The third kappa shape index (κ3) is 5.10. The highest BCUT2D eigenvalue weighted by Crippen LogP contribution is 2.34. The number of hydrogen-bond donors (Lipinski definition) is 0. The van der Waals surface area contributed by atoms with Crippen molar-refractivity contribution < 1.29 is 9.53 Å². The molecule has 1 aliphatic carbocycles. The van der Waals surface area contributed by atoms with Crippen LogP contribution in [0.1, 0.15) is 43.2 Å². The number of ether oxygens (including phenoxy) is 1. The first-order valence-electron chi connectivity index (χ1n) is 10.6. The van der Waals surface area contributed by atoms with E-state index in [2.05, 4.69) is 30.9 Å². The van der Waals surface area contributed by atoms with Crippen molar-refractivity contribution in [3.8, 4) is 0 Å². The zero-order chi connectivity index (χ0) is 19.5. The number of aromatic nitrogens is 1. The van der Waals surface area contributed by atoms with E-state index in [1.54, 1.807) is 11.3 Å². The molecule has 7 heteroatoms. The predicted octanol–water partition coefficient (Wildman–Crippen LogP) is 4.58. The minimum Gasteiger partial charge on any atom is -0.379 e. The van der Waals surface area contributed by atoms with E-state index in [0.29, 0.717) is 6.54 Å². The number of thiazole rings is 1. The molecule has 1 amide bonds. The van der Waals surface area contributed by atoms with Crippen LogP contribution in [0, 0.1) is 19.8 Å². The first kappa shape index (κ1) is 22.5. The van der Waals surface area contributed by atoms with Crippen LogP contribution in [0.4, 0.5) is 5.13 Å². The van der Waals surface area contributed by atoms with E-state index in [4.69, 9.17) is 9.72 Å². The van der Waals surface area contributed by atoms with Crippen molar-refractivity contribution in [1.29, 1.82) is 0 Å². The van der Waals surface area contributed by atoms with Gasteiger partial charge in [0, 0.05) is 32.1 Å². The Bertz CT molecular complexity index is 829. The zero-order valence-corrected chi connectivity index (χ0v) is 19.1. The molecular weight excluding hydrogens is 406 g/mol. The highest BCUT2D eigenvalue weighted by atomic mass is 35.5. The maximum absolute atomic E-state index is 13.4. The van der Waals surface area contributed by atoms with E-state index < -0.39 is 0 Å². The molecule has 0 spiro atoms. The molecule has 160 valence electrons. The fourth-order valence-electron chi connectivity index (χ4n) is 4.27. The smallest absolute Gasteiger partial charge is 0.231 e. The molecule has 1 saturated carbocycles. The largest absolute Gasteiger partial charge is 0.379 e. The number of halogens is 1. The van der Waals surface area contributed by atoms with E-state index in [0.717, 1.165) is 56.3 Å². The van der Waals surface area contributed by atoms with Gasteiger partial charge in [-0.2, -0.15) is 0 Å². The summed E-state index contributed by atoms with van der Waals surface area (Å²) in [7, 11) is 0. The minimum absolute atomic E-state index is 0. The van der Waals surface area contributed by atoms with Crippen LogP contribution in [0.5, 0.6) is 0 Å². The summed E-state index contributed by atoms with van der Waals surface area (Å²) in [5.41, 5.74) is 3.52. The summed E-state index contributed by atoms with van der Waals surface area (Å²) in [5, 5.41) is 0.868. The molecule has 2 fully saturated rings. The highest BCUT2D eigenvalue weighted by Gasteiger charge is 2.29. The number of nitrogens with zero attached hydrogens (tertiary/aromatic N) is 3. The molecule has 1 aromatic heterocycles. The van der Waals surface area contributed by atoms with Crippen molar-refractivity contribution in [2.75, 3.05) is 44.3 Å². The van der Waals surface area contributed by atoms with Crippen molar-refractivity contribution in [3.05, 3.63) is 23.3 Å². The fraction of sp³-hybridized carbons (Fsp3) is 0.636. The SMILES string of the molecule is Cc1ccc2sc(N(CCN3CCOCC3)C(=O)C3CCCCC3)nc2c1C.Cl. The van der Waals surface area contributed by atoms with E-state index >= 15 is 0 Å². The summed E-state index contributed by atoms with van der Waals surface area (Å²) in [6, 6.07) is 4.30. The van der Waals surface area contributed by atoms with Gasteiger partial charge in [-0.3, -0.25) is 14.6 Å². The summed E-state index contributed by atoms with van der Waals surface area (Å²) < 4.78 is 6.64. The average molecular weight is 438 g/mol. The number of rotatable bonds is 5. The van der Waals surface area contributed by atoms with Crippen LogP contribution in [0.3, 0.4) is 0 Å². The van der Waals surface area contributed by atoms with E-state index in [-0.39, 0.29) is 24.2 Å². The molecule has 1 aliphatic heterocycles. The normalized spacial score (nSPS) is 18.6. The zero-order valence-electron chi connectivity index (χ0n) is 17.5. The topological polar surface area (TPSA) is 45.7 Å². The first-order chi connectivity index (χ1) is 13.6. The monoisotopic (exact) mass is 437 g/mol. The van der Waals surface area contributed by atoms with Crippen LogP contribution < -0.4 is 4.90 Å². The van der Waals surface area contributed by atoms with Gasteiger partial charge in [-0.15, -0.1) is 12.4 Å². The fourth-order valence-corrected chi connectivity index (χ4v) is 5.32. The number of anilines is 1. The first-order valence-corrected chi connectivity index (χ1v) is 11.4. The summed E-state index contributed by atoms with van der Waals surface area (Å²) in [6.45, 7) is 9.32. The van der Waals surface area contributed by atoms with Gasteiger partial charge in [0.2, 0.25) is 5.91 Å². The summed E-state index contributed by atoms with van der Waals surface area (Å²) in [5.74, 6) is 0.440. The third-order valence-electron chi connectivity index (χ3n) is 6.27. The number of hydrogen-bond acceptors (Lipinski definition) is 5. The van der Waals surface area contributed by atoms with Crippen LogP contribution in [-0.4, -0.2) is 55.2 Å². The Labute approximate surface area is 183 Å². The van der Waals surface area contributed by atoms with Crippen molar-refractivity contribution >= 4 is 45.0 Å². The van der Waals surface area contributed by atoms with Gasteiger partial charge in [0.25, 0.3) is 0 Å². The lowest BCUT2D eigenvalue weighted by molar-refractivity contribution is -0.123. The van der Waals surface area contributed by atoms with Crippen molar-refractivity contribution in [3.63, 3.8) is 0 Å². The summed E-state index contributed by atoms with van der Waals surface area (Å²) in [4.78, 5) is 22.8. The molecule has 2 aliphatic rings. The average Bonchev–Trinajstić information content (AvgIpc) is 3.17. The highest BCUT2D eigenvalue weighted by molar-refractivity contribution is 7.22. The Kier molecular flexibility index (Phi) is 7.91. The number of morpholine rings is 1. The Morgan fingerprint density at radius 3 is 2.66 bits per heavy atom.